The van der Waals surface area contributed by atoms with Crippen LogP contribution in [0.2, 0.25) is 0 Å². The average molecular weight is 438 g/mol. The molecule has 1 aromatic heterocycles. The third kappa shape index (κ3) is 5.02. The van der Waals surface area contributed by atoms with Gasteiger partial charge in [0.2, 0.25) is 5.95 Å². The summed E-state index contributed by atoms with van der Waals surface area (Å²) in [6, 6.07) is 24.6. The summed E-state index contributed by atoms with van der Waals surface area (Å²) in [5, 5.41) is 12.7. The Balaban J connectivity index is 1.70. The molecule has 4 aromatic rings. The molecular weight excluding hydrogens is 416 g/mol. The number of aromatic amines is 1. The number of benzene rings is 3. The van der Waals surface area contributed by atoms with Crippen molar-refractivity contribution in [1.29, 1.82) is 5.26 Å². The zero-order valence-electron chi connectivity index (χ0n) is 18.3. The summed E-state index contributed by atoms with van der Waals surface area (Å²) in [5.74, 6) is 1.26. The first-order chi connectivity index (χ1) is 16.1. The molecule has 7 heteroatoms. The van der Waals surface area contributed by atoms with Gasteiger partial charge in [0.1, 0.15) is 18.2 Å². The minimum absolute atomic E-state index is 0.0800. The molecule has 164 valence electrons. The van der Waals surface area contributed by atoms with E-state index in [1.54, 1.807) is 25.3 Å². The van der Waals surface area contributed by atoms with Crippen molar-refractivity contribution in [2.45, 2.75) is 13.5 Å². The van der Waals surface area contributed by atoms with Crippen LogP contribution in [0.4, 0.5) is 11.6 Å². The van der Waals surface area contributed by atoms with Crippen molar-refractivity contribution in [2.24, 2.45) is 0 Å². The summed E-state index contributed by atoms with van der Waals surface area (Å²) < 4.78 is 11.4. The maximum absolute atomic E-state index is 12.6. The molecule has 0 spiro atoms. The van der Waals surface area contributed by atoms with Gasteiger partial charge >= 0.3 is 0 Å². The topological polar surface area (TPSA) is 100 Å². The van der Waals surface area contributed by atoms with Gasteiger partial charge in [-0.1, -0.05) is 48.0 Å². The first kappa shape index (κ1) is 21.7. The van der Waals surface area contributed by atoms with E-state index in [0.29, 0.717) is 23.7 Å². The molecule has 33 heavy (non-hydrogen) atoms. The van der Waals surface area contributed by atoms with E-state index in [1.807, 2.05) is 67.6 Å². The van der Waals surface area contributed by atoms with Crippen LogP contribution in [0.1, 0.15) is 16.7 Å². The quantitative estimate of drug-likeness (QED) is 0.424. The van der Waals surface area contributed by atoms with Crippen LogP contribution < -0.4 is 20.3 Å². The second-order valence-electron chi connectivity index (χ2n) is 7.38. The van der Waals surface area contributed by atoms with Crippen molar-refractivity contribution in [2.75, 3.05) is 12.4 Å². The average Bonchev–Trinajstić information content (AvgIpc) is 2.84. The predicted molar refractivity (Wildman–Crippen MR) is 127 cm³/mol. The Morgan fingerprint density at radius 1 is 1.03 bits per heavy atom. The minimum atomic E-state index is -0.528. The van der Waals surface area contributed by atoms with Gasteiger partial charge in [0, 0.05) is 11.3 Å². The van der Waals surface area contributed by atoms with Crippen LogP contribution >= 0.6 is 0 Å². The van der Waals surface area contributed by atoms with Gasteiger partial charge in [-0.3, -0.25) is 9.78 Å². The smallest absolute Gasteiger partial charge is 0.270 e. The summed E-state index contributed by atoms with van der Waals surface area (Å²) in [5.41, 5.74) is 3.09. The van der Waals surface area contributed by atoms with Gasteiger partial charge in [-0.15, -0.1) is 0 Å². The van der Waals surface area contributed by atoms with Crippen LogP contribution in [0, 0.1) is 18.3 Å². The lowest BCUT2D eigenvalue weighted by Gasteiger charge is -2.13. The molecule has 3 aromatic carbocycles. The number of hydrogen-bond acceptors (Lipinski definition) is 6. The standard InChI is InChI=1S/C26H22N4O3/c1-17-8-11-20(12-9-17)28-26-29-24(21(15-27)25(31)30-26)19-10-13-22(32-2)23(14-19)33-16-18-6-4-3-5-7-18/h3-14H,16H2,1-2H3,(H2,28,29,30,31). The van der Waals surface area contributed by atoms with Crippen molar-refractivity contribution in [3.8, 4) is 28.8 Å². The number of nitrogens with one attached hydrogen (secondary N) is 2. The first-order valence-electron chi connectivity index (χ1n) is 10.3. The number of nitriles is 1. The highest BCUT2D eigenvalue weighted by molar-refractivity contribution is 5.70. The highest BCUT2D eigenvalue weighted by atomic mass is 16.5. The third-order valence-electron chi connectivity index (χ3n) is 5.02. The van der Waals surface area contributed by atoms with Crippen molar-refractivity contribution in [3.05, 3.63) is 99.8 Å². The Labute approximate surface area is 191 Å². The van der Waals surface area contributed by atoms with Crippen LogP contribution in [0.25, 0.3) is 11.3 Å². The third-order valence-corrected chi connectivity index (χ3v) is 5.02. The molecule has 4 rings (SSSR count). The number of aryl methyl sites for hydroxylation is 1. The number of ether oxygens (including phenoxy) is 2. The molecule has 0 bridgehead atoms. The lowest BCUT2D eigenvalue weighted by atomic mass is 10.1. The maximum Gasteiger partial charge on any atom is 0.270 e. The monoisotopic (exact) mass is 438 g/mol. The number of nitrogens with zero attached hydrogens (tertiary/aromatic N) is 2. The molecular formula is C26H22N4O3. The second-order valence-corrected chi connectivity index (χ2v) is 7.38. The number of methoxy groups -OCH3 is 1. The summed E-state index contributed by atoms with van der Waals surface area (Å²) >= 11 is 0. The van der Waals surface area contributed by atoms with Gasteiger partial charge in [0.15, 0.2) is 11.5 Å². The summed E-state index contributed by atoms with van der Waals surface area (Å²) in [7, 11) is 1.56. The Kier molecular flexibility index (Phi) is 6.37. The normalized spacial score (nSPS) is 10.3. The van der Waals surface area contributed by atoms with Crippen molar-refractivity contribution in [3.63, 3.8) is 0 Å². The van der Waals surface area contributed by atoms with Gasteiger partial charge in [-0.05, 0) is 42.8 Å². The molecule has 0 amide bonds. The maximum atomic E-state index is 12.6. The fourth-order valence-corrected chi connectivity index (χ4v) is 3.29. The largest absolute Gasteiger partial charge is 0.493 e. The van der Waals surface area contributed by atoms with E-state index in [-0.39, 0.29) is 17.2 Å². The van der Waals surface area contributed by atoms with Crippen LogP contribution in [-0.2, 0) is 6.61 Å². The molecule has 0 aliphatic carbocycles. The highest BCUT2D eigenvalue weighted by Gasteiger charge is 2.16. The molecule has 0 unspecified atom stereocenters. The Morgan fingerprint density at radius 2 is 1.79 bits per heavy atom. The van der Waals surface area contributed by atoms with E-state index >= 15 is 0 Å². The number of hydrogen-bond donors (Lipinski definition) is 2. The van der Waals surface area contributed by atoms with Crippen LogP contribution in [0.3, 0.4) is 0 Å². The van der Waals surface area contributed by atoms with Gasteiger partial charge < -0.3 is 14.8 Å². The van der Waals surface area contributed by atoms with Gasteiger partial charge in [0.05, 0.1) is 12.8 Å². The number of anilines is 2. The van der Waals surface area contributed by atoms with Crippen LogP contribution in [0.5, 0.6) is 11.5 Å². The lowest BCUT2D eigenvalue weighted by Crippen LogP contribution is -2.16. The van der Waals surface area contributed by atoms with Crippen molar-refractivity contribution < 1.29 is 9.47 Å². The molecule has 0 aliphatic rings. The fraction of sp³-hybridized carbons (Fsp3) is 0.115. The lowest BCUT2D eigenvalue weighted by molar-refractivity contribution is 0.284. The number of aromatic nitrogens is 2. The van der Waals surface area contributed by atoms with E-state index < -0.39 is 5.56 Å². The van der Waals surface area contributed by atoms with E-state index in [0.717, 1.165) is 16.8 Å². The second kappa shape index (κ2) is 9.71. The number of H-pyrrole nitrogens is 1. The number of rotatable bonds is 7. The molecule has 1 heterocycles. The molecule has 0 saturated heterocycles. The summed E-state index contributed by atoms with van der Waals surface area (Å²) in [4.78, 5) is 19.8. The first-order valence-corrected chi connectivity index (χ1v) is 10.3. The van der Waals surface area contributed by atoms with Crippen LogP contribution in [-0.4, -0.2) is 17.1 Å². The van der Waals surface area contributed by atoms with E-state index in [2.05, 4.69) is 15.3 Å². The van der Waals surface area contributed by atoms with Crippen LogP contribution in [0.15, 0.2) is 77.6 Å². The minimum Gasteiger partial charge on any atom is -0.493 e. The molecule has 2 N–H and O–H groups in total. The Hall–Kier alpha value is -4.57. The molecule has 0 fully saturated rings. The van der Waals surface area contributed by atoms with Gasteiger partial charge in [-0.25, -0.2) is 4.98 Å². The zero-order valence-corrected chi connectivity index (χ0v) is 18.3. The molecule has 0 aliphatic heterocycles. The molecule has 0 saturated carbocycles. The van der Waals surface area contributed by atoms with E-state index in [9.17, 15) is 10.1 Å². The van der Waals surface area contributed by atoms with Gasteiger partial charge in [0.25, 0.3) is 5.56 Å². The summed E-state index contributed by atoms with van der Waals surface area (Å²) in [6.45, 7) is 2.33. The molecule has 0 atom stereocenters. The van der Waals surface area contributed by atoms with Crippen molar-refractivity contribution >= 4 is 11.6 Å². The van der Waals surface area contributed by atoms with Gasteiger partial charge in [-0.2, -0.15) is 5.26 Å². The molecule has 7 nitrogen and oxygen atoms in total. The molecule has 0 radical (unpaired) electrons. The highest BCUT2D eigenvalue weighted by Crippen LogP contribution is 2.33. The predicted octanol–water partition coefficient (Wildman–Crippen LogP) is 4.95. The zero-order chi connectivity index (χ0) is 23.2. The Morgan fingerprint density at radius 3 is 2.48 bits per heavy atom. The van der Waals surface area contributed by atoms with E-state index in [1.165, 1.54) is 0 Å². The van der Waals surface area contributed by atoms with E-state index in [4.69, 9.17) is 9.47 Å². The summed E-state index contributed by atoms with van der Waals surface area (Å²) in [6.07, 6.45) is 0. The van der Waals surface area contributed by atoms with Crippen molar-refractivity contribution in [1.82, 2.24) is 9.97 Å². The Bertz CT molecular complexity index is 1360. The SMILES string of the molecule is COc1ccc(-c2nc(Nc3ccc(C)cc3)[nH]c(=O)c2C#N)cc1OCc1ccccc1. The fourth-order valence-electron chi connectivity index (χ4n) is 3.29.